The third-order valence-corrected chi connectivity index (χ3v) is 5.84. The van der Waals surface area contributed by atoms with E-state index in [1.165, 1.54) is 18.2 Å². The van der Waals surface area contributed by atoms with E-state index in [1.807, 2.05) is 18.2 Å². The van der Waals surface area contributed by atoms with Gasteiger partial charge in [0.1, 0.15) is 17.7 Å². The van der Waals surface area contributed by atoms with E-state index in [0.29, 0.717) is 22.3 Å². The van der Waals surface area contributed by atoms with Crippen molar-refractivity contribution >= 4 is 46.1 Å². The van der Waals surface area contributed by atoms with Crippen LogP contribution in [-0.4, -0.2) is 10.9 Å². The molecule has 0 bridgehead atoms. The predicted octanol–water partition coefficient (Wildman–Crippen LogP) is 6.20. The quantitative estimate of drug-likeness (QED) is 0.363. The molecule has 1 aromatic heterocycles. The highest BCUT2D eigenvalue weighted by Crippen LogP contribution is 2.45. The molecule has 1 aliphatic carbocycles. The van der Waals surface area contributed by atoms with E-state index in [0.717, 1.165) is 34.9 Å². The van der Waals surface area contributed by atoms with Gasteiger partial charge >= 0.3 is 0 Å². The molecule has 0 saturated heterocycles. The largest absolute Gasteiger partial charge is 0.486 e. The number of carbonyl (C=O) groups is 1. The van der Waals surface area contributed by atoms with Gasteiger partial charge in [0.05, 0.1) is 10.5 Å². The number of benzene rings is 2. The van der Waals surface area contributed by atoms with Crippen LogP contribution in [0.3, 0.4) is 0 Å². The van der Waals surface area contributed by atoms with E-state index in [-0.39, 0.29) is 5.02 Å². The van der Waals surface area contributed by atoms with Crippen molar-refractivity contribution in [3.63, 3.8) is 0 Å². The molecule has 0 unspecified atom stereocenters. The standard InChI is InChI=1S/C23H19Cl2FN2O2/c1-12(21-17(24)6-7-18(26)23(21)25)30-15-5-8-19-16(10-15)22(13-2-3-13)14(11-28-19)4-9-20(27)29/h4-13H,2-3H2,1H3,(H2,27,29)/b9-4+/t12-/m0/s1. The van der Waals surface area contributed by atoms with E-state index < -0.39 is 17.8 Å². The first-order valence-corrected chi connectivity index (χ1v) is 10.3. The number of amides is 1. The average molecular weight is 445 g/mol. The average Bonchev–Trinajstić information content (AvgIpc) is 3.54. The number of rotatable bonds is 6. The van der Waals surface area contributed by atoms with Gasteiger partial charge in [0.15, 0.2) is 0 Å². The maximum atomic E-state index is 13.9. The number of hydrogen-bond acceptors (Lipinski definition) is 3. The van der Waals surface area contributed by atoms with Gasteiger partial charge in [-0.3, -0.25) is 9.78 Å². The number of nitrogens with two attached hydrogens (primary N) is 1. The number of fused-ring (bicyclic) bond motifs is 1. The summed E-state index contributed by atoms with van der Waals surface area (Å²) < 4.78 is 20.0. The Bertz CT molecular complexity index is 1180. The first-order chi connectivity index (χ1) is 14.3. The molecule has 0 spiro atoms. The molecule has 2 aromatic carbocycles. The first-order valence-electron chi connectivity index (χ1n) is 9.55. The van der Waals surface area contributed by atoms with Gasteiger partial charge in [0, 0.05) is 28.2 Å². The number of halogens is 3. The van der Waals surface area contributed by atoms with Gasteiger partial charge < -0.3 is 10.5 Å². The van der Waals surface area contributed by atoms with Gasteiger partial charge in [-0.1, -0.05) is 23.2 Å². The molecule has 1 saturated carbocycles. The summed E-state index contributed by atoms with van der Waals surface area (Å²) in [6, 6.07) is 8.29. The molecule has 1 heterocycles. The Morgan fingerprint density at radius 1 is 1.30 bits per heavy atom. The zero-order valence-electron chi connectivity index (χ0n) is 16.2. The normalized spacial score (nSPS) is 14.9. The van der Waals surface area contributed by atoms with Crippen LogP contribution in [-0.2, 0) is 4.79 Å². The minimum Gasteiger partial charge on any atom is -0.486 e. The van der Waals surface area contributed by atoms with Crippen LogP contribution in [0.5, 0.6) is 5.75 Å². The first kappa shape index (κ1) is 20.6. The maximum absolute atomic E-state index is 13.9. The van der Waals surface area contributed by atoms with Crippen LogP contribution in [0, 0.1) is 5.82 Å². The molecule has 0 aliphatic heterocycles. The molecular formula is C23H19Cl2FN2O2. The molecule has 30 heavy (non-hydrogen) atoms. The molecule has 1 aliphatic rings. The molecule has 7 heteroatoms. The fraction of sp³-hybridized carbons (Fsp3) is 0.217. The topological polar surface area (TPSA) is 65.2 Å². The minimum atomic E-state index is -0.562. The lowest BCUT2D eigenvalue weighted by atomic mass is 9.99. The van der Waals surface area contributed by atoms with Crippen molar-refractivity contribution in [2.24, 2.45) is 5.73 Å². The number of aromatic nitrogens is 1. The predicted molar refractivity (Wildman–Crippen MR) is 117 cm³/mol. The van der Waals surface area contributed by atoms with Gasteiger partial charge in [-0.05, 0) is 73.2 Å². The number of ether oxygens (including phenoxy) is 1. The fourth-order valence-electron chi connectivity index (χ4n) is 3.59. The molecular weight excluding hydrogens is 426 g/mol. The second kappa shape index (κ2) is 8.25. The van der Waals surface area contributed by atoms with Crippen LogP contribution in [0.15, 0.2) is 42.6 Å². The summed E-state index contributed by atoms with van der Waals surface area (Å²) in [5.41, 5.74) is 8.47. The van der Waals surface area contributed by atoms with Crippen LogP contribution in [0.2, 0.25) is 10.0 Å². The van der Waals surface area contributed by atoms with E-state index in [2.05, 4.69) is 4.98 Å². The number of hydrogen-bond donors (Lipinski definition) is 1. The third-order valence-electron chi connectivity index (χ3n) is 5.12. The summed E-state index contributed by atoms with van der Waals surface area (Å²) in [4.78, 5) is 15.7. The lowest BCUT2D eigenvalue weighted by molar-refractivity contribution is -0.113. The summed E-state index contributed by atoms with van der Waals surface area (Å²) in [7, 11) is 0. The number of primary amides is 1. The minimum absolute atomic E-state index is 0.0463. The summed E-state index contributed by atoms with van der Waals surface area (Å²) in [5.74, 6) is -0.0586. The molecule has 154 valence electrons. The second-order valence-electron chi connectivity index (χ2n) is 7.33. The monoisotopic (exact) mass is 444 g/mol. The Balaban J connectivity index is 1.73. The lowest BCUT2D eigenvalue weighted by Gasteiger charge is -2.19. The number of pyridine rings is 1. The van der Waals surface area contributed by atoms with Crippen LogP contribution in [0.25, 0.3) is 17.0 Å². The molecule has 1 fully saturated rings. The van der Waals surface area contributed by atoms with Crippen LogP contribution >= 0.6 is 23.2 Å². The Morgan fingerprint density at radius 3 is 2.77 bits per heavy atom. The summed E-state index contributed by atoms with van der Waals surface area (Å²) >= 11 is 12.3. The molecule has 4 rings (SSSR count). The van der Waals surface area contributed by atoms with E-state index in [4.69, 9.17) is 33.7 Å². The highest BCUT2D eigenvalue weighted by Gasteiger charge is 2.28. The zero-order chi connectivity index (χ0) is 21.4. The second-order valence-corrected chi connectivity index (χ2v) is 8.12. The summed E-state index contributed by atoms with van der Waals surface area (Å²) in [6.45, 7) is 1.77. The Hall–Kier alpha value is -2.63. The Labute approximate surface area is 183 Å². The van der Waals surface area contributed by atoms with Gasteiger partial charge in [0.25, 0.3) is 0 Å². The highest BCUT2D eigenvalue weighted by atomic mass is 35.5. The highest BCUT2D eigenvalue weighted by molar-refractivity contribution is 6.36. The third kappa shape index (κ3) is 4.13. The van der Waals surface area contributed by atoms with Crippen molar-refractivity contribution in [3.8, 4) is 5.75 Å². The van der Waals surface area contributed by atoms with Crippen molar-refractivity contribution in [1.82, 2.24) is 4.98 Å². The number of carbonyl (C=O) groups excluding carboxylic acids is 1. The van der Waals surface area contributed by atoms with Crippen LogP contribution in [0.4, 0.5) is 4.39 Å². The van der Waals surface area contributed by atoms with Crippen LogP contribution < -0.4 is 10.5 Å². The van der Waals surface area contributed by atoms with Crippen LogP contribution in [0.1, 0.15) is 48.5 Å². The van der Waals surface area contributed by atoms with Crippen molar-refractivity contribution in [2.45, 2.75) is 31.8 Å². The van der Waals surface area contributed by atoms with Gasteiger partial charge in [-0.25, -0.2) is 4.39 Å². The van der Waals surface area contributed by atoms with E-state index >= 15 is 0 Å². The van der Waals surface area contributed by atoms with Gasteiger partial charge in [-0.15, -0.1) is 0 Å². The summed E-state index contributed by atoms with van der Waals surface area (Å²) in [5, 5.41) is 1.24. The fourth-order valence-corrected chi connectivity index (χ4v) is 4.27. The summed E-state index contributed by atoms with van der Waals surface area (Å²) in [6.07, 6.45) is 6.38. The molecule has 2 N–H and O–H groups in total. The van der Waals surface area contributed by atoms with Gasteiger partial charge in [0.2, 0.25) is 5.91 Å². The smallest absolute Gasteiger partial charge is 0.241 e. The Kier molecular flexibility index (Phi) is 5.67. The van der Waals surface area contributed by atoms with Crippen molar-refractivity contribution < 1.29 is 13.9 Å². The van der Waals surface area contributed by atoms with E-state index in [1.54, 1.807) is 19.2 Å². The lowest BCUT2D eigenvalue weighted by Crippen LogP contribution is -2.06. The van der Waals surface area contributed by atoms with Crippen molar-refractivity contribution in [2.75, 3.05) is 0 Å². The molecule has 4 nitrogen and oxygen atoms in total. The van der Waals surface area contributed by atoms with Crippen molar-refractivity contribution in [1.29, 1.82) is 0 Å². The number of nitrogens with zero attached hydrogens (tertiary/aromatic N) is 1. The SMILES string of the molecule is C[C@H](Oc1ccc2ncc(/C=C/C(N)=O)c(C3CC3)c2c1)c1c(Cl)ccc(F)c1Cl. The molecule has 0 radical (unpaired) electrons. The maximum Gasteiger partial charge on any atom is 0.241 e. The molecule has 1 amide bonds. The van der Waals surface area contributed by atoms with E-state index in [9.17, 15) is 9.18 Å². The van der Waals surface area contributed by atoms with Crippen molar-refractivity contribution in [3.05, 3.63) is 75.2 Å². The zero-order valence-corrected chi connectivity index (χ0v) is 17.7. The Morgan fingerprint density at radius 2 is 2.07 bits per heavy atom. The molecule has 3 aromatic rings. The van der Waals surface area contributed by atoms with Gasteiger partial charge in [-0.2, -0.15) is 0 Å². The molecule has 1 atom stereocenters.